The van der Waals surface area contributed by atoms with E-state index in [9.17, 15) is 4.79 Å². The molecule has 0 unspecified atom stereocenters. The molecular weight excluding hydrogens is 284 g/mol. The third-order valence-corrected chi connectivity index (χ3v) is 3.03. The first-order chi connectivity index (χ1) is 9.12. The SMILES string of the molecule is CCNC(=O)c1cc(N=C(NC#N)SC)ccc1Cl. The first-order valence-corrected chi connectivity index (χ1v) is 7.08. The summed E-state index contributed by atoms with van der Waals surface area (Å²) in [5.41, 5.74) is 0.917. The summed E-state index contributed by atoms with van der Waals surface area (Å²) in [6, 6.07) is 4.87. The normalized spacial score (nSPS) is 10.7. The second-order valence-corrected chi connectivity index (χ2v) is 4.58. The number of hydrogen-bond acceptors (Lipinski definition) is 4. The molecule has 100 valence electrons. The van der Waals surface area contributed by atoms with Crippen LogP contribution in [0.3, 0.4) is 0 Å². The Morgan fingerprint density at radius 2 is 2.32 bits per heavy atom. The Morgan fingerprint density at radius 1 is 1.58 bits per heavy atom. The zero-order valence-electron chi connectivity index (χ0n) is 10.5. The number of amides is 1. The highest BCUT2D eigenvalue weighted by atomic mass is 35.5. The highest BCUT2D eigenvalue weighted by Crippen LogP contribution is 2.23. The highest BCUT2D eigenvalue weighted by molar-refractivity contribution is 8.13. The van der Waals surface area contributed by atoms with Gasteiger partial charge >= 0.3 is 0 Å². The van der Waals surface area contributed by atoms with Gasteiger partial charge in [0, 0.05) is 6.54 Å². The van der Waals surface area contributed by atoms with Crippen molar-refractivity contribution in [2.45, 2.75) is 6.92 Å². The maximum atomic E-state index is 11.8. The van der Waals surface area contributed by atoms with E-state index in [4.69, 9.17) is 16.9 Å². The number of rotatable bonds is 3. The molecule has 0 heterocycles. The minimum absolute atomic E-state index is 0.247. The first kappa shape index (κ1) is 15.3. The van der Waals surface area contributed by atoms with Crippen LogP contribution in [0.1, 0.15) is 17.3 Å². The Labute approximate surface area is 121 Å². The van der Waals surface area contributed by atoms with Crippen LogP contribution in [-0.2, 0) is 0 Å². The van der Waals surface area contributed by atoms with E-state index in [2.05, 4.69) is 15.6 Å². The van der Waals surface area contributed by atoms with Gasteiger partial charge < -0.3 is 5.32 Å². The van der Waals surface area contributed by atoms with Gasteiger partial charge in [-0.3, -0.25) is 10.1 Å². The number of aliphatic imine (C=N–C) groups is 1. The molecule has 0 radical (unpaired) electrons. The van der Waals surface area contributed by atoms with E-state index in [1.165, 1.54) is 11.8 Å². The van der Waals surface area contributed by atoms with Crippen LogP contribution in [0.4, 0.5) is 5.69 Å². The zero-order chi connectivity index (χ0) is 14.3. The number of hydrogen-bond donors (Lipinski definition) is 2. The molecule has 0 aliphatic rings. The van der Waals surface area contributed by atoms with Gasteiger partial charge in [-0.2, -0.15) is 5.26 Å². The molecular formula is C12H13ClN4OS. The quantitative estimate of drug-likeness (QED) is 0.389. The third-order valence-electron chi connectivity index (χ3n) is 2.12. The summed E-state index contributed by atoms with van der Waals surface area (Å²) in [5, 5.41) is 14.5. The van der Waals surface area contributed by atoms with Crippen molar-refractivity contribution in [3.63, 3.8) is 0 Å². The fraction of sp³-hybridized carbons (Fsp3) is 0.250. The standard InChI is InChI=1S/C12H13ClN4OS/c1-3-15-11(18)9-6-8(4-5-10(9)13)17-12(19-2)16-7-14/h4-6H,3H2,1-2H3,(H,15,18)(H,16,17). The van der Waals surface area contributed by atoms with Crippen molar-refractivity contribution in [3.05, 3.63) is 28.8 Å². The lowest BCUT2D eigenvalue weighted by atomic mass is 10.2. The molecule has 5 nitrogen and oxygen atoms in total. The minimum atomic E-state index is -0.247. The van der Waals surface area contributed by atoms with E-state index in [1.54, 1.807) is 30.6 Å². The monoisotopic (exact) mass is 296 g/mol. The van der Waals surface area contributed by atoms with E-state index >= 15 is 0 Å². The van der Waals surface area contributed by atoms with E-state index in [0.717, 1.165) is 0 Å². The number of nitrogens with one attached hydrogen (secondary N) is 2. The molecule has 0 aliphatic heterocycles. The summed E-state index contributed by atoms with van der Waals surface area (Å²) >= 11 is 7.28. The molecule has 0 spiro atoms. The van der Waals surface area contributed by atoms with Crippen molar-refractivity contribution in [1.82, 2.24) is 10.6 Å². The van der Waals surface area contributed by atoms with Gasteiger partial charge in [0.15, 0.2) is 11.4 Å². The number of nitriles is 1. The number of amidine groups is 1. The second kappa shape index (κ2) is 7.67. The molecule has 0 fully saturated rings. The highest BCUT2D eigenvalue weighted by Gasteiger charge is 2.10. The molecule has 0 saturated heterocycles. The summed E-state index contributed by atoms with van der Waals surface area (Å²) in [7, 11) is 0. The topological polar surface area (TPSA) is 77.3 Å². The maximum Gasteiger partial charge on any atom is 0.252 e. The molecule has 0 aliphatic carbocycles. The summed E-state index contributed by atoms with van der Waals surface area (Å²) < 4.78 is 0. The molecule has 1 aromatic carbocycles. The van der Waals surface area contributed by atoms with Gasteiger partial charge in [-0.25, -0.2) is 4.99 Å². The summed E-state index contributed by atoms with van der Waals surface area (Å²) in [6.07, 6.45) is 3.60. The average molecular weight is 297 g/mol. The number of benzene rings is 1. The van der Waals surface area contributed by atoms with E-state index < -0.39 is 0 Å². The van der Waals surface area contributed by atoms with Gasteiger partial charge in [0.25, 0.3) is 5.91 Å². The lowest BCUT2D eigenvalue weighted by Crippen LogP contribution is -2.22. The van der Waals surface area contributed by atoms with Crippen LogP contribution in [0.25, 0.3) is 0 Å². The maximum absolute atomic E-state index is 11.8. The third kappa shape index (κ3) is 4.47. The number of carbonyl (C=O) groups excluding carboxylic acids is 1. The van der Waals surface area contributed by atoms with Gasteiger partial charge in [0.2, 0.25) is 0 Å². The van der Waals surface area contributed by atoms with Crippen molar-refractivity contribution < 1.29 is 4.79 Å². The molecule has 0 bridgehead atoms. The first-order valence-electron chi connectivity index (χ1n) is 5.47. The van der Waals surface area contributed by atoms with Crippen molar-refractivity contribution in [3.8, 4) is 6.19 Å². The van der Waals surface area contributed by atoms with Crippen LogP contribution in [0, 0.1) is 11.5 Å². The van der Waals surface area contributed by atoms with Crippen LogP contribution in [0.15, 0.2) is 23.2 Å². The number of nitrogens with zero attached hydrogens (tertiary/aromatic N) is 2. The Balaban J connectivity index is 3.09. The van der Waals surface area contributed by atoms with Crippen molar-refractivity contribution >= 4 is 40.1 Å². The molecule has 19 heavy (non-hydrogen) atoms. The Morgan fingerprint density at radius 3 is 2.89 bits per heavy atom. The smallest absolute Gasteiger partial charge is 0.252 e. The molecule has 0 aromatic heterocycles. The van der Waals surface area contributed by atoms with Crippen LogP contribution in [0.5, 0.6) is 0 Å². The van der Waals surface area contributed by atoms with Crippen LogP contribution >= 0.6 is 23.4 Å². The van der Waals surface area contributed by atoms with Gasteiger partial charge in [-0.05, 0) is 31.4 Å². The van der Waals surface area contributed by atoms with Crippen LogP contribution in [0.2, 0.25) is 5.02 Å². The van der Waals surface area contributed by atoms with Gasteiger partial charge in [-0.15, -0.1) is 0 Å². The van der Waals surface area contributed by atoms with Gasteiger partial charge in [-0.1, -0.05) is 23.4 Å². The van der Waals surface area contributed by atoms with Crippen LogP contribution in [-0.4, -0.2) is 23.9 Å². The predicted octanol–water partition coefficient (Wildman–Crippen LogP) is 2.51. The molecule has 1 amide bonds. The molecule has 1 aromatic rings. The summed E-state index contributed by atoms with van der Waals surface area (Å²) in [6.45, 7) is 2.35. The lowest BCUT2D eigenvalue weighted by molar-refractivity contribution is 0.0956. The van der Waals surface area contributed by atoms with Gasteiger partial charge in [0.05, 0.1) is 16.3 Å². The number of carbonyl (C=O) groups is 1. The Bertz CT molecular complexity index is 539. The Hall–Kier alpha value is -1.71. The molecule has 2 N–H and O–H groups in total. The fourth-order valence-corrected chi connectivity index (χ4v) is 1.85. The summed E-state index contributed by atoms with van der Waals surface area (Å²) in [4.78, 5) is 16.0. The van der Waals surface area contributed by atoms with Gasteiger partial charge in [0.1, 0.15) is 0 Å². The number of thioether (sulfide) groups is 1. The Kier molecular flexibility index (Phi) is 6.19. The predicted molar refractivity (Wildman–Crippen MR) is 78.8 cm³/mol. The summed E-state index contributed by atoms with van der Waals surface area (Å²) in [5.74, 6) is -0.247. The fourth-order valence-electron chi connectivity index (χ4n) is 1.30. The van der Waals surface area contributed by atoms with E-state index in [0.29, 0.717) is 28.0 Å². The number of halogens is 1. The largest absolute Gasteiger partial charge is 0.352 e. The minimum Gasteiger partial charge on any atom is -0.352 e. The average Bonchev–Trinajstić information content (AvgIpc) is 2.40. The van der Waals surface area contributed by atoms with E-state index in [1.807, 2.05) is 6.92 Å². The molecule has 0 saturated carbocycles. The second-order valence-electron chi connectivity index (χ2n) is 3.38. The van der Waals surface area contributed by atoms with Crippen molar-refractivity contribution in [1.29, 1.82) is 5.26 Å². The molecule has 1 rings (SSSR count). The molecule has 7 heteroatoms. The molecule has 0 atom stereocenters. The zero-order valence-corrected chi connectivity index (χ0v) is 12.1. The van der Waals surface area contributed by atoms with Crippen molar-refractivity contribution in [2.75, 3.05) is 12.8 Å². The van der Waals surface area contributed by atoms with Crippen molar-refractivity contribution in [2.24, 2.45) is 4.99 Å². The van der Waals surface area contributed by atoms with E-state index in [-0.39, 0.29) is 5.91 Å². The van der Waals surface area contributed by atoms with Crippen LogP contribution < -0.4 is 10.6 Å². The lowest BCUT2D eigenvalue weighted by Gasteiger charge is -2.06.